The van der Waals surface area contributed by atoms with Gasteiger partial charge in [0.05, 0.1) is 25.9 Å². The zero-order valence-corrected chi connectivity index (χ0v) is 15.0. The van der Waals surface area contributed by atoms with Crippen LogP contribution in [0.2, 0.25) is 0 Å². The van der Waals surface area contributed by atoms with E-state index in [1.807, 2.05) is 23.0 Å². The van der Waals surface area contributed by atoms with Crippen molar-refractivity contribution in [3.05, 3.63) is 23.6 Å². The number of hydrogen-bond acceptors (Lipinski definition) is 3. The van der Waals surface area contributed by atoms with Crippen LogP contribution in [0.25, 0.3) is 16.2 Å². The summed E-state index contributed by atoms with van der Waals surface area (Å²) in [6, 6.07) is 3.87. The molecule has 0 bridgehead atoms. The van der Waals surface area contributed by atoms with Crippen LogP contribution in [0.4, 0.5) is 0 Å². The largest absolute Gasteiger partial charge is 0.664 e. The summed E-state index contributed by atoms with van der Waals surface area (Å²) < 4.78 is 12.5. The van der Waals surface area contributed by atoms with Crippen LogP contribution >= 0.6 is 0 Å². The molecule has 18 heavy (non-hydrogen) atoms. The Hall–Kier alpha value is -0.828. The van der Waals surface area contributed by atoms with E-state index in [2.05, 4.69) is 10.4 Å². The Kier molecular flexibility index (Phi) is 5.87. The van der Waals surface area contributed by atoms with E-state index in [0.717, 1.165) is 35.5 Å². The van der Waals surface area contributed by atoms with E-state index in [1.165, 1.54) is 0 Å². The third-order valence-electron chi connectivity index (χ3n) is 2.68. The van der Waals surface area contributed by atoms with Crippen molar-refractivity contribution in [3.8, 4) is 11.5 Å². The smallest absolute Gasteiger partial charge is 0.162 e. The Bertz CT molecular complexity index is 513. The fourth-order valence-electron chi connectivity index (χ4n) is 1.78. The SMILES string of the molecule is C[N-]CCn1ncc2cc(OC)c(OC)cc21.[Cd]. The van der Waals surface area contributed by atoms with E-state index < -0.39 is 0 Å². The van der Waals surface area contributed by atoms with E-state index in [0.29, 0.717) is 0 Å². The van der Waals surface area contributed by atoms with Crippen LogP contribution in [0, 0.1) is 0 Å². The van der Waals surface area contributed by atoms with Gasteiger partial charge < -0.3 is 14.8 Å². The predicted octanol–water partition coefficient (Wildman–Crippen LogP) is 2.05. The summed E-state index contributed by atoms with van der Waals surface area (Å²) in [7, 11) is 5.06. The average molecular weight is 347 g/mol. The van der Waals surface area contributed by atoms with Crippen molar-refractivity contribution in [3.63, 3.8) is 0 Å². The maximum atomic E-state index is 5.28. The number of hydrogen-bond donors (Lipinski definition) is 0. The number of ether oxygens (including phenoxy) is 2. The monoisotopic (exact) mass is 348 g/mol. The van der Waals surface area contributed by atoms with Crippen molar-refractivity contribution in [1.29, 1.82) is 0 Å². The minimum Gasteiger partial charge on any atom is -0.664 e. The van der Waals surface area contributed by atoms with E-state index in [4.69, 9.17) is 9.47 Å². The maximum absolute atomic E-state index is 5.28. The Balaban J connectivity index is 0.00000162. The molecular weight excluding hydrogens is 331 g/mol. The third-order valence-corrected chi connectivity index (χ3v) is 2.68. The van der Waals surface area contributed by atoms with E-state index in [-0.39, 0.29) is 27.3 Å². The fourth-order valence-corrected chi connectivity index (χ4v) is 1.78. The van der Waals surface area contributed by atoms with Gasteiger partial charge in [-0.3, -0.25) is 4.68 Å². The molecule has 94 valence electrons. The van der Waals surface area contributed by atoms with Crippen LogP contribution in [0.15, 0.2) is 18.3 Å². The van der Waals surface area contributed by atoms with Gasteiger partial charge in [-0.1, -0.05) is 0 Å². The molecule has 0 saturated heterocycles. The molecule has 0 aliphatic rings. The first-order valence-corrected chi connectivity index (χ1v) is 5.43. The van der Waals surface area contributed by atoms with Gasteiger partial charge in [0.1, 0.15) is 0 Å². The van der Waals surface area contributed by atoms with Gasteiger partial charge in [-0.15, -0.1) is 6.54 Å². The van der Waals surface area contributed by atoms with Crippen molar-refractivity contribution in [2.75, 3.05) is 27.8 Å². The van der Waals surface area contributed by atoms with Gasteiger partial charge in [0.2, 0.25) is 0 Å². The number of likely N-dealkylation sites (N-methyl/N-ethyl adjacent to an activating group) is 1. The zero-order valence-electron chi connectivity index (χ0n) is 11.0. The Morgan fingerprint density at radius 1 is 1.22 bits per heavy atom. The molecule has 6 heteroatoms. The summed E-state index contributed by atoms with van der Waals surface area (Å²) in [6.45, 7) is 1.53. The summed E-state index contributed by atoms with van der Waals surface area (Å²) >= 11 is 0. The summed E-state index contributed by atoms with van der Waals surface area (Å²) in [5.74, 6) is 1.44. The first kappa shape index (κ1) is 15.2. The summed E-state index contributed by atoms with van der Waals surface area (Å²) in [4.78, 5) is 0. The van der Waals surface area contributed by atoms with Crippen molar-refractivity contribution in [1.82, 2.24) is 9.78 Å². The van der Waals surface area contributed by atoms with Crippen molar-refractivity contribution in [2.24, 2.45) is 0 Å². The molecule has 5 nitrogen and oxygen atoms in total. The molecule has 0 fully saturated rings. The molecule has 0 N–H and O–H groups in total. The van der Waals surface area contributed by atoms with Crippen LogP contribution in [0.3, 0.4) is 0 Å². The zero-order chi connectivity index (χ0) is 12.3. The van der Waals surface area contributed by atoms with Crippen molar-refractivity contribution in [2.45, 2.75) is 6.54 Å². The van der Waals surface area contributed by atoms with Crippen molar-refractivity contribution < 1.29 is 36.8 Å². The topological polar surface area (TPSA) is 50.4 Å². The third kappa shape index (κ3) is 2.94. The number of fused-ring (bicyclic) bond motifs is 1. The second-order valence-corrected chi connectivity index (χ2v) is 3.67. The summed E-state index contributed by atoms with van der Waals surface area (Å²) in [5, 5.41) is 9.45. The number of nitrogens with zero attached hydrogens (tertiary/aromatic N) is 3. The molecule has 0 saturated carbocycles. The number of aromatic nitrogens is 2. The van der Waals surface area contributed by atoms with Crippen LogP contribution in [-0.2, 0) is 33.8 Å². The molecular formula is C12H16CdN3O2-. The van der Waals surface area contributed by atoms with Gasteiger partial charge >= 0.3 is 0 Å². The molecule has 1 heterocycles. The van der Waals surface area contributed by atoms with Crippen LogP contribution in [0.1, 0.15) is 0 Å². The minimum atomic E-state index is 0. The van der Waals surface area contributed by atoms with Gasteiger partial charge in [0.15, 0.2) is 11.5 Å². The Morgan fingerprint density at radius 3 is 2.50 bits per heavy atom. The van der Waals surface area contributed by atoms with Crippen LogP contribution < -0.4 is 9.47 Å². The molecule has 0 aliphatic heterocycles. The Labute approximate surface area is 127 Å². The number of rotatable bonds is 5. The second kappa shape index (κ2) is 6.93. The Morgan fingerprint density at radius 2 is 1.89 bits per heavy atom. The first-order valence-electron chi connectivity index (χ1n) is 5.43. The first-order chi connectivity index (χ1) is 8.30. The molecule has 2 rings (SSSR count). The molecule has 0 spiro atoms. The van der Waals surface area contributed by atoms with E-state index in [1.54, 1.807) is 21.3 Å². The van der Waals surface area contributed by atoms with Gasteiger partial charge in [0, 0.05) is 45.3 Å². The fraction of sp³-hybridized carbons (Fsp3) is 0.417. The molecule has 2 aromatic rings. The second-order valence-electron chi connectivity index (χ2n) is 3.67. The van der Waals surface area contributed by atoms with Gasteiger partial charge in [0.25, 0.3) is 0 Å². The molecule has 0 radical (unpaired) electrons. The van der Waals surface area contributed by atoms with Gasteiger partial charge in [-0.2, -0.15) is 12.1 Å². The van der Waals surface area contributed by atoms with Crippen molar-refractivity contribution >= 4 is 10.9 Å². The predicted molar refractivity (Wildman–Crippen MR) is 67.0 cm³/mol. The summed E-state index contributed by atoms with van der Waals surface area (Å²) in [6.07, 6.45) is 1.83. The molecule has 1 aromatic carbocycles. The van der Waals surface area contributed by atoms with E-state index >= 15 is 0 Å². The maximum Gasteiger partial charge on any atom is 0.162 e. The van der Waals surface area contributed by atoms with E-state index in [9.17, 15) is 0 Å². The standard InChI is InChI=1S/C12H16N3O2.Cd/c1-13-4-5-15-10-7-12(17-3)11(16-2)6-9(10)8-14-15;/h6-8H,4-5H2,1-3H3;/q-1;. The van der Waals surface area contributed by atoms with Crippen LogP contribution in [0.5, 0.6) is 11.5 Å². The summed E-state index contributed by atoms with van der Waals surface area (Å²) in [5.41, 5.74) is 1.03. The van der Waals surface area contributed by atoms with Crippen LogP contribution in [-0.4, -0.2) is 37.6 Å². The number of methoxy groups -OCH3 is 2. The minimum absolute atomic E-state index is 0. The number of benzene rings is 1. The molecule has 0 amide bonds. The molecule has 0 aliphatic carbocycles. The average Bonchev–Trinajstić information content (AvgIpc) is 2.76. The van der Waals surface area contributed by atoms with Gasteiger partial charge in [-0.25, -0.2) is 0 Å². The molecule has 0 atom stereocenters. The quantitative estimate of drug-likeness (QED) is 0.779. The molecule has 0 unspecified atom stereocenters. The molecule has 1 aromatic heterocycles. The van der Waals surface area contributed by atoms with Gasteiger partial charge in [-0.05, 0) is 6.07 Å². The normalized spacial score (nSPS) is 10.2.